The van der Waals surface area contributed by atoms with Gasteiger partial charge in [0.15, 0.2) is 5.82 Å². The summed E-state index contributed by atoms with van der Waals surface area (Å²) in [4.78, 5) is 21.8. The molecule has 6 heteroatoms. The molecule has 86 valence electrons. The number of carbonyl (C=O) groups excluding carboxylic acids is 1. The summed E-state index contributed by atoms with van der Waals surface area (Å²) in [5, 5.41) is 0. The molecule has 0 bridgehead atoms. The molecule has 0 aromatic carbocycles. The number of hydrazine groups is 1. The highest BCUT2D eigenvalue weighted by atomic mass is 16.2. The Labute approximate surface area is 93.8 Å². The predicted molar refractivity (Wildman–Crippen MR) is 59.6 cm³/mol. The van der Waals surface area contributed by atoms with Crippen LogP contribution in [0.4, 0.5) is 5.82 Å². The summed E-state index contributed by atoms with van der Waals surface area (Å²) in [7, 11) is 0. The monoisotopic (exact) mass is 221 g/mol. The van der Waals surface area contributed by atoms with Crippen molar-refractivity contribution in [2.24, 2.45) is 5.84 Å². The van der Waals surface area contributed by atoms with Crippen LogP contribution in [0.3, 0.4) is 0 Å². The van der Waals surface area contributed by atoms with Gasteiger partial charge in [-0.15, -0.1) is 0 Å². The second kappa shape index (κ2) is 4.89. The molecule has 2 rings (SSSR count). The van der Waals surface area contributed by atoms with Gasteiger partial charge in [-0.1, -0.05) is 0 Å². The van der Waals surface area contributed by atoms with Crippen LogP contribution in [0.25, 0.3) is 0 Å². The first-order chi connectivity index (χ1) is 7.81. The van der Waals surface area contributed by atoms with Crippen molar-refractivity contribution in [1.82, 2.24) is 14.9 Å². The lowest BCUT2D eigenvalue weighted by molar-refractivity contribution is 0.0718. The average molecular weight is 221 g/mol. The highest BCUT2D eigenvalue weighted by molar-refractivity contribution is 5.92. The van der Waals surface area contributed by atoms with Gasteiger partial charge in [0.05, 0.1) is 12.4 Å². The third kappa shape index (κ3) is 2.27. The predicted octanol–water partition coefficient (Wildman–Crippen LogP) is 0.388. The van der Waals surface area contributed by atoms with Crippen LogP contribution in [-0.4, -0.2) is 33.9 Å². The van der Waals surface area contributed by atoms with Crippen molar-refractivity contribution >= 4 is 11.7 Å². The number of nitrogen functional groups attached to an aromatic ring is 1. The van der Waals surface area contributed by atoms with Crippen molar-refractivity contribution in [1.29, 1.82) is 0 Å². The molecule has 1 amide bonds. The lowest BCUT2D eigenvalue weighted by Crippen LogP contribution is -2.36. The van der Waals surface area contributed by atoms with E-state index in [1.165, 1.54) is 18.8 Å². The number of rotatable bonds is 2. The molecule has 1 fully saturated rings. The largest absolute Gasteiger partial charge is 0.337 e. The van der Waals surface area contributed by atoms with Crippen LogP contribution in [0.1, 0.15) is 29.8 Å². The van der Waals surface area contributed by atoms with Gasteiger partial charge in [0.2, 0.25) is 0 Å². The van der Waals surface area contributed by atoms with Crippen molar-refractivity contribution < 1.29 is 4.79 Å². The number of nitrogens with zero attached hydrogens (tertiary/aromatic N) is 3. The molecular formula is C10H15N5O. The second-order valence-electron chi connectivity index (χ2n) is 3.78. The number of piperidine rings is 1. The summed E-state index contributed by atoms with van der Waals surface area (Å²) < 4.78 is 0. The first-order valence-corrected chi connectivity index (χ1v) is 5.39. The molecule has 0 unspecified atom stereocenters. The Morgan fingerprint density at radius 1 is 1.25 bits per heavy atom. The van der Waals surface area contributed by atoms with E-state index in [1.807, 2.05) is 4.90 Å². The van der Waals surface area contributed by atoms with E-state index in [0.717, 1.165) is 25.9 Å². The number of anilines is 1. The van der Waals surface area contributed by atoms with E-state index in [1.54, 1.807) is 0 Å². The number of hydrogen-bond acceptors (Lipinski definition) is 5. The average Bonchev–Trinajstić information content (AvgIpc) is 2.39. The Morgan fingerprint density at radius 2 is 2.00 bits per heavy atom. The zero-order valence-electron chi connectivity index (χ0n) is 9.02. The van der Waals surface area contributed by atoms with Crippen LogP contribution in [0, 0.1) is 0 Å². The first kappa shape index (κ1) is 10.8. The molecule has 0 radical (unpaired) electrons. The van der Waals surface area contributed by atoms with Crippen LogP contribution < -0.4 is 11.3 Å². The van der Waals surface area contributed by atoms with E-state index in [2.05, 4.69) is 15.4 Å². The molecule has 1 saturated heterocycles. The Hall–Kier alpha value is -1.69. The van der Waals surface area contributed by atoms with Crippen LogP contribution >= 0.6 is 0 Å². The topological polar surface area (TPSA) is 84.1 Å². The highest BCUT2D eigenvalue weighted by Crippen LogP contribution is 2.11. The summed E-state index contributed by atoms with van der Waals surface area (Å²) in [5.74, 6) is 5.58. The third-order valence-electron chi connectivity index (χ3n) is 2.66. The molecule has 0 spiro atoms. The number of hydrogen-bond donors (Lipinski definition) is 2. The van der Waals surface area contributed by atoms with E-state index in [4.69, 9.17) is 5.84 Å². The Kier molecular flexibility index (Phi) is 3.31. The molecule has 0 saturated carbocycles. The number of aromatic nitrogens is 2. The summed E-state index contributed by atoms with van der Waals surface area (Å²) >= 11 is 0. The van der Waals surface area contributed by atoms with Crippen LogP contribution in [-0.2, 0) is 0 Å². The minimum atomic E-state index is -0.0456. The highest BCUT2D eigenvalue weighted by Gasteiger charge is 2.19. The molecule has 3 N–H and O–H groups in total. The van der Waals surface area contributed by atoms with Gasteiger partial charge in [0, 0.05) is 13.1 Å². The van der Waals surface area contributed by atoms with E-state index in [9.17, 15) is 4.79 Å². The third-order valence-corrected chi connectivity index (χ3v) is 2.66. The fourth-order valence-electron chi connectivity index (χ4n) is 1.77. The maximum Gasteiger partial charge on any atom is 0.274 e. The van der Waals surface area contributed by atoms with Crippen molar-refractivity contribution in [2.45, 2.75) is 19.3 Å². The van der Waals surface area contributed by atoms with Gasteiger partial charge in [-0.25, -0.2) is 15.8 Å². The molecule has 0 atom stereocenters. The number of nitrogens with two attached hydrogens (primary N) is 1. The minimum absolute atomic E-state index is 0.0456. The molecule has 16 heavy (non-hydrogen) atoms. The van der Waals surface area contributed by atoms with E-state index < -0.39 is 0 Å². The molecule has 1 aliphatic heterocycles. The van der Waals surface area contributed by atoms with Crippen LogP contribution in [0.2, 0.25) is 0 Å². The molecule has 1 aromatic heterocycles. The van der Waals surface area contributed by atoms with Crippen LogP contribution in [0.15, 0.2) is 12.4 Å². The Bertz CT molecular complexity index is 358. The number of amides is 1. The van der Waals surface area contributed by atoms with Crippen molar-refractivity contribution in [2.75, 3.05) is 18.5 Å². The molecule has 6 nitrogen and oxygen atoms in total. The van der Waals surface area contributed by atoms with Crippen molar-refractivity contribution in [3.8, 4) is 0 Å². The summed E-state index contributed by atoms with van der Waals surface area (Å²) in [5.41, 5.74) is 2.75. The summed E-state index contributed by atoms with van der Waals surface area (Å²) in [6, 6.07) is 0. The van der Waals surface area contributed by atoms with E-state index in [0.29, 0.717) is 11.5 Å². The fraction of sp³-hybridized carbons (Fsp3) is 0.500. The van der Waals surface area contributed by atoms with Gasteiger partial charge in [-0.05, 0) is 19.3 Å². The van der Waals surface area contributed by atoms with Gasteiger partial charge >= 0.3 is 0 Å². The van der Waals surface area contributed by atoms with Gasteiger partial charge in [0.25, 0.3) is 5.91 Å². The minimum Gasteiger partial charge on any atom is -0.337 e. The van der Waals surface area contributed by atoms with Crippen molar-refractivity contribution in [3.63, 3.8) is 0 Å². The molecule has 1 aliphatic rings. The Balaban J connectivity index is 2.07. The zero-order valence-corrected chi connectivity index (χ0v) is 9.02. The first-order valence-electron chi connectivity index (χ1n) is 5.39. The van der Waals surface area contributed by atoms with Gasteiger partial charge in [0.1, 0.15) is 5.69 Å². The maximum atomic E-state index is 12.0. The fourth-order valence-corrected chi connectivity index (χ4v) is 1.77. The number of likely N-dealkylation sites (tertiary alicyclic amines) is 1. The molecule has 1 aromatic rings. The Morgan fingerprint density at radius 3 is 2.56 bits per heavy atom. The second-order valence-corrected chi connectivity index (χ2v) is 3.78. The lowest BCUT2D eigenvalue weighted by Gasteiger charge is -2.26. The molecule has 0 aliphatic carbocycles. The number of nitrogens with one attached hydrogen (secondary N) is 1. The van der Waals surface area contributed by atoms with E-state index in [-0.39, 0.29) is 5.91 Å². The number of carbonyl (C=O) groups is 1. The van der Waals surface area contributed by atoms with Gasteiger partial charge in [-0.3, -0.25) is 4.79 Å². The normalized spacial score (nSPS) is 15.9. The van der Waals surface area contributed by atoms with Gasteiger partial charge in [-0.2, -0.15) is 0 Å². The quantitative estimate of drug-likeness (QED) is 0.557. The standard InChI is InChI=1S/C10H15N5O/c11-14-9-7-12-8(6-13-9)10(16)15-4-2-1-3-5-15/h6-7H,1-5,11H2,(H,13,14). The van der Waals surface area contributed by atoms with Crippen LogP contribution in [0.5, 0.6) is 0 Å². The smallest absolute Gasteiger partial charge is 0.274 e. The summed E-state index contributed by atoms with van der Waals surface area (Å²) in [6.45, 7) is 1.63. The molecule has 2 heterocycles. The van der Waals surface area contributed by atoms with Gasteiger partial charge < -0.3 is 10.3 Å². The molecular weight excluding hydrogens is 206 g/mol. The summed E-state index contributed by atoms with van der Waals surface area (Å²) in [6.07, 6.45) is 6.25. The van der Waals surface area contributed by atoms with E-state index >= 15 is 0 Å². The zero-order chi connectivity index (χ0) is 11.4. The SMILES string of the molecule is NNc1cnc(C(=O)N2CCCCC2)cn1. The van der Waals surface area contributed by atoms with Crippen molar-refractivity contribution in [3.05, 3.63) is 18.1 Å². The maximum absolute atomic E-state index is 12.0. The lowest BCUT2D eigenvalue weighted by atomic mass is 10.1.